The first-order valence-electron chi connectivity index (χ1n) is 10.6. The number of nitrogens with one attached hydrogen (secondary N) is 2. The smallest absolute Gasteiger partial charge is 0.191 e. The molecule has 1 fully saturated rings. The van der Waals surface area contributed by atoms with Crippen LogP contribution in [-0.4, -0.2) is 76.1 Å². The molecule has 2 N–H and O–H groups in total. The molecule has 0 radical (unpaired) electrons. The number of nitrogens with zero attached hydrogens (tertiary/aromatic N) is 2. The van der Waals surface area contributed by atoms with Crippen LogP contribution < -0.4 is 20.1 Å². The predicted molar refractivity (Wildman–Crippen MR) is 134 cm³/mol. The summed E-state index contributed by atoms with van der Waals surface area (Å²) in [5.41, 5.74) is 0. The van der Waals surface area contributed by atoms with Gasteiger partial charge in [-0.3, -0.25) is 4.99 Å². The Morgan fingerprint density at radius 2 is 1.90 bits per heavy atom. The van der Waals surface area contributed by atoms with E-state index < -0.39 is 0 Å². The van der Waals surface area contributed by atoms with Crippen LogP contribution in [0.2, 0.25) is 0 Å². The van der Waals surface area contributed by atoms with Crippen molar-refractivity contribution in [1.29, 1.82) is 0 Å². The van der Waals surface area contributed by atoms with E-state index in [4.69, 9.17) is 14.2 Å². The number of aliphatic imine (C=N–C) groups is 1. The van der Waals surface area contributed by atoms with Gasteiger partial charge in [0, 0.05) is 38.8 Å². The summed E-state index contributed by atoms with van der Waals surface area (Å²) in [6.07, 6.45) is 2.53. The third-order valence-electron chi connectivity index (χ3n) is 4.95. The third kappa shape index (κ3) is 10.2. The number of ether oxygens (including phenoxy) is 3. The molecule has 0 bridgehead atoms. The monoisotopic (exact) mass is 534 g/mol. The van der Waals surface area contributed by atoms with Gasteiger partial charge >= 0.3 is 0 Å². The highest BCUT2D eigenvalue weighted by Gasteiger charge is 2.20. The number of piperidine rings is 1. The Balaban J connectivity index is 0.00000450. The summed E-state index contributed by atoms with van der Waals surface area (Å²) in [6, 6.07) is 8.11. The molecule has 1 heterocycles. The van der Waals surface area contributed by atoms with Crippen LogP contribution in [0.4, 0.5) is 0 Å². The zero-order chi connectivity index (χ0) is 21.1. The molecular weight excluding hydrogens is 495 g/mol. The van der Waals surface area contributed by atoms with Crippen LogP contribution in [0.3, 0.4) is 0 Å². The van der Waals surface area contributed by atoms with Crippen molar-refractivity contribution < 1.29 is 14.2 Å². The third-order valence-corrected chi connectivity index (χ3v) is 4.95. The molecule has 1 aromatic rings. The summed E-state index contributed by atoms with van der Waals surface area (Å²) in [5.74, 6) is 2.42. The zero-order valence-electron chi connectivity index (χ0n) is 19.0. The number of hydrogen-bond donors (Lipinski definition) is 2. The fraction of sp³-hybridized carbons (Fsp3) is 0.682. The number of methoxy groups -OCH3 is 1. The summed E-state index contributed by atoms with van der Waals surface area (Å²) in [4.78, 5) is 6.83. The van der Waals surface area contributed by atoms with Crippen molar-refractivity contribution in [2.24, 2.45) is 4.99 Å². The molecule has 8 heteroatoms. The van der Waals surface area contributed by atoms with Crippen LogP contribution in [0.5, 0.6) is 11.5 Å². The minimum absolute atomic E-state index is 0. The molecule has 7 nitrogen and oxygen atoms in total. The Morgan fingerprint density at radius 1 is 1.20 bits per heavy atom. The molecule has 0 aliphatic carbocycles. The minimum atomic E-state index is 0. The molecule has 1 aliphatic rings. The topological polar surface area (TPSA) is 67.4 Å². The van der Waals surface area contributed by atoms with Gasteiger partial charge in [-0.2, -0.15) is 0 Å². The average molecular weight is 534 g/mol. The largest absolute Gasteiger partial charge is 0.497 e. The maximum atomic E-state index is 5.97. The lowest BCUT2D eigenvalue weighted by Gasteiger charge is -2.33. The fourth-order valence-electron chi connectivity index (χ4n) is 3.30. The molecule has 30 heavy (non-hydrogen) atoms. The quantitative estimate of drug-likeness (QED) is 0.273. The number of halogens is 1. The summed E-state index contributed by atoms with van der Waals surface area (Å²) in [7, 11) is 3.46. The Bertz CT molecular complexity index is 622. The van der Waals surface area contributed by atoms with Gasteiger partial charge in [0.1, 0.15) is 17.6 Å². The first kappa shape index (κ1) is 26.8. The molecular formula is C22H39IN4O3. The van der Waals surface area contributed by atoms with Crippen molar-refractivity contribution in [3.8, 4) is 11.5 Å². The Labute approximate surface area is 199 Å². The molecule has 1 saturated heterocycles. The second-order valence-corrected chi connectivity index (χ2v) is 7.74. The SMILES string of the molecule is CN=C(NCC(C)Oc1cccc(OC)c1)NC1CCN(CCOC(C)C)CC1.I. The maximum absolute atomic E-state index is 5.97. The molecule has 1 unspecified atom stereocenters. The molecule has 172 valence electrons. The highest BCUT2D eigenvalue weighted by Crippen LogP contribution is 2.19. The molecule has 1 aliphatic heterocycles. The first-order chi connectivity index (χ1) is 14.0. The van der Waals surface area contributed by atoms with Crippen LogP contribution in [0, 0.1) is 0 Å². The van der Waals surface area contributed by atoms with Gasteiger partial charge in [0.05, 0.1) is 26.4 Å². The van der Waals surface area contributed by atoms with Gasteiger partial charge in [0.15, 0.2) is 5.96 Å². The van der Waals surface area contributed by atoms with Crippen molar-refractivity contribution in [2.75, 3.05) is 46.9 Å². The van der Waals surface area contributed by atoms with Crippen LogP contribution in [0.15, 0.2) is 29.3 Å². The molecule has 0 aromatic heterocycles. The molecule has 1 aromatic carbocycles. The van der Waals surface area contributed by atoms with E-state index in [0.717, 1.165) is 56.5 Å². The van der Waals surface area contributed by atoms with E-state index in [-0.39, 0.29) is 30.1 Å². The van der Waals surface area contributed by atoms with Gasteiger partial charge in [-0.05, 0) is 45.7 Å². The van der Waals surface area contributed by atoms with Crippen LogP contribution in [0.1, 0.15) is 33.6 Å². The second-order valence-electron chi connectivity index (χ2n) is 7.74. The predicted octanol–water partition coefficient (Wildman–Crippen LogP) is 3.13. The maximum Gasteiger partial charge on any atom is 0.191 e. The summed E-state index contributed by atoms with van der Waals surface area (Å²) in [5, 5.41) is 6.92. The Morgan fingerprint density at radius 3 is 2.53 bits per heavy atom. The van der Waals surface area contributed by atoms with Gasteiger partial charge < -0.3 is 29.7 Å². The van der Waals surface area contributed by atoms with Crippen molar-refractivity contribution >= 4 is 29.9 Å². The van der Waals surface area contributed by atoms with Gasteiger partial charge in [-0.1, -0.05) is 6.07 Å². The van der Waals surface area contributed by atoms with Gasteiger partial charge in [-0.25, -0.2) is 0 Å². The second kappa shape index (κ2) is 14.7. The van der Waals surface area contributed by atoms with Crippen molar-refractivity contribution in [1.82, 2.24) is 15.5 Å². The lowest BCUT2D eigenvalue weighted by atomic mass is 10.1. The lowest BCUT2D eigenvalue weighted by Crippen LogP contribution is -2.50. The Hall–Kier alpha value is -1.26. The molecule has 0 amide bonds. The molecule has 0 spiro atoms. The highest BCUT2D eigenvalue weighted by molar-refractivity contribution is 14.0. The number of hydrogen-bond acceptors (Lipinski definition) is 5. The fourth-order valence-corrected chi connectivity index (χ4v) is 3.30. The standard InChI is InChI=1S/C22H38N4O3.HI/c1-17(2)28-14-13-26-11-9-19(10-12-26)25-22(23-4)24-16-18(3)29-21-8-6-7-20(15-21)27-5;/h6-8,15,17-19H,9-14,16H2,1-5H3,(H2,23,24,25);1H. The van der Waals surface area contributed by atoms with Gasteiger partial charge in [0.2, 0.25) is 0 Å². The minimum Gasteiger partial charge on any atom is -0.497 e. The average Bonchev–Trinajstić information content (AvgIpc) is 2.72. The van der Waals surface area contributed by atoms with Crippen molar-refractivity contribution in [3.63, 3.8) is 0 Å². The summed E-state index contributed by atoms with van der Waals surface area (Å²) in [6.45, 7) is 10.9. The van der Waals surface area contributed by atoms with E-state index in [1.54, 1.807) is 14.2 Å². The molecule has 1 atom stereocenters. The van der Waals surface area contributed by atoms with E-state index in [1.807, 2.05) is 31.2 Å². The van der Waals surface area contributed by atoms with Crippen molar-refractivity contribution in [3.05, 3.63) is 24.3 Å². The van der Waals surface area contributed by atoms with Gasteiger partial charge in [0.25, 0.3) is 0 Å². The van der Waals surface area contributed by atoms with E-state index in [9.17, 15) is 0 Å². The van der Waals surface area contributed by atoms with E-state index in [2.05, 4.69) is 34.4 Å². The van der Waals surface area contributed by atoms with Crippen LogP contribution in [-0.2, 0) is 4.74 Å². The first-order valence-corrected chi connectivity index (χ1v) is 10.6. The molecule has 0 saturated carbocycles. The lowest BCUT2D eigenvalue weighted by molar-refractivity contribution is 0.0532. The van der Waals surface area contributed by atoms with E-state index in [0.29, 0.717) is 18.7 Å². The number of rotatable bonds is 10. The number of guanidine groups is 1. The zero-order valence-corrected chi connectivity index (χ0v) is 21.3. The summed E-state index contributed by atoms with van der Waals surface area (Å²) < 4.78 is 16.9. The molecule has 2 rings (SSSR count). The van der Waals surface area contributed by atoms with Crippen LogP contribution in [0.25, 0.3) is 0 Å². The Kier molecular flexibility index (Phi) is 13.1. The van der Waals surface area contributed by atoms with Crippen LogP contribution >= 0.6 is 24.0 Å². The van der Waals surface area contributed by atoms with E-state index in [1.165, 1.54) is 0 Å². The summed E-state index contributed by atoms with van der Waals surface area (Å²) >= 11 is 0. The van der Waals surface area contributed by atoms with Crippen molar-refractivity contribution in [2.45, 2.75) is 51.9 Å². The number of benzene rings is 1. The van der Waals surface area contributed by atoms with E-state index >= 15 is 0 Å². The van der Waals surface area contributed by atoms with Gasteiger partial charge in [-0.15, -0.1) is 24.0 Å². The number of likely N-dealkylation sites (tertiary alicyclic amines) is 1. The highest BCUT2D eigenvalue weighted by atomic mass is 127. The normalized spacial score (nSPS) is 16.7.